The summed E-state index contributed by atoms with van der Waals surface area (Å²) >= 11 is 6.47. The summed E-state index contributed by atoms with van der Waals surface area (Å²) in [6.07, 6.45) is 1.47. The number of carbonyl (C=O) groups is 3. The minimum absolute atomic E-state index is 0.0137. The number of carbonyl (C=O) groups excluding carboxylic acids is 3. The van der Waals surface area contributed by atoms with Gasteiger partial charge in [0, 0.05) is 5.69 Å². The summed E-state index contributed by atoms with van der Waals surface area (Å²) in [5.41, 5.74) is 4.20. The van der Waals surface area contributed by atoms with E-state index in [0.717, 1.165) is 21.6 Å². The lowest BCUT2D eigenvalue weighted by atomic mass is 10.1. The van der Waals surface area contributed by atoms with Crippen molar-refractivity contribution in [2.24, 2.45) is 0 Å². The van der Waals surface area contributed by atoms with Crippen LogP contribution >= 0.6 is 11.6 Å². The first-order valence-corrected chi connectivity index (χ1v) is 11.9. The molecule has 0 aromatic heterocycles. The highest BCUT2D eigenvalue weighted by atomic mass is 35.5. The fourth-order valence-corrected chi connectivity index (χ4v) is 4.03. The predicted molar refractivity (Wildman–Crippen MR) is 142 cm³/mol. The minimum atomic E-state index is -0.688. The SMILES string of the molecule is COc1cc(/C=C2/NC(=O)N(CC(=O)Nc3cccc(C)c3)C2=O)cc(Cl)c1OCc1ccc(C)cc1. The maximum absolute atomic E-state index is 12.9. The number of benzene rings is 3. The van der Waals surface area contributed by atoms with Crippen molar-refractivity contribution < 1.29 is 23.9 Å². The van der Waals surface area contributed by atoms with Crippen LogP contribution in [0.4, 0.5) is 10.5 Å². The number of hydrogen-bond donors (Lipinski definition) is 2. The van der Waals surface area contributed by atoms with Crippen LogP contribution in [0.3, 0.4) is 0 Å². The molecule has 37 heavy (non-hydrogen) atoms. The summed E-state index contributed by atoms with van der Waals surface area (Å²) in [5.74, 6) is -0.380. The van der Waals surface area contributed by atoms with Crippen molar-refractivity contribution in [3.05, 3.63) is 93.6 Å². The van der Waals surface area contributed by atoms with Crippen LogP contribution in [0.25, 0.3) is 6.08 Å². The van der Waals surface area contributed by atoms with Crippen LogP contribution in [0.5, 0.6) is 11.5 Å². The van der Waals surface area contributed by atoms with Gasteiger partial charge in [0.15, 0.2) is 11.5 Å². The van der Waals surface area contributed by atoms with E-state index in [1.165, 1.54) is 13.2 Å². The van der Waals surface area contributed by atoms with Crippen LogP contribution in [-0.4, -0.2) is 36.4 Å². The molecule has 190 valence electrons. The highest BCUT2D eigenvalue weighted by molar-refractivity contribution is 6.32. The molecule has 0 atom stereocenters. The summed E-state index contributed by atoms with van der Waals surface area (Å²) in [6.45, 7) is 3.78. The normalized spacial score (nSPS) is 14.1. The zero-order chi connectivity index (χ0) is 26.5. The van der Waals surface area contributed by atoms with E-state index in [4.69, 9.17) is 21.1 Å². The summed E-state index contributed by atoms with van der Waals surface area (Å²) in [5, 5.41) is 5.48. The van der Waals surface area contributed by atoms with E-state index in [9.17, 15) is 14.4 Å². The number of aryl methyl sites for hydroxylation is 2. The lowest BCUT2D eigenvalue weighted by molar-refractivity contribution is -0.127. The van der Waals surface area contributed by atoms with Gasteiger partial charge in [0.05, 0.1) is 12.1 Å². The van der Waals surface area contributed by atoms with Gasteiger partial charge in [-0.1, -0.05) is 53.6 Å². The van der Waals surface area contributed by atoms with Crippen molar-refractivity contribution in [1.82, 2.24) is 10.2 Å². The van der Waals surface area contributed by atoms with Gasteiger partial charge >= 0.3 is 6.03 Å². The summed E-state index contributed by atoms with van der Waals surface area (Å²) in [7, 11) is 1.48. The van der Waals surface area contributed by atoms with Crippen molar-refractivity contribution in [2.45, 2.75) is 20.5 Å². The van der Waals surface area contributed by atoms with Crippen molar-refractivity contribution in [3.63, 3.8) is 0 Å². The molecule has 0 saturated carbocycles. The average molecular weight is 520 g/mol. The third kappa shape index (κ3) is 6.29. The molecule has 0 radical (unpaired) electrons. The zero-order valence-electron chi connectivity index (χ0n) is 20.6. The molecule has 2 N–H and O–H groups in total. The third-order valence-corrected chi connectivity index (χ3v) is 5.91. The molecular weight excluding hydrogens is 494 g/mol. The van der Waals surface area contributed by atoms with Crippen molar-refractivity contribution in [3.8, 4) is 11.5 Å². The fourth-order valence-electron chi connectivity index (χ4n) is 3.75. The molecule has 4 amide bonds. The summed E-state index contributed by atoms with van der Waals surface area (Å²) in [6, 6.07) is 17.7. The van der Waals surface area contributed by atoms with Crippen molar-refractivity contribution >= 4 is 41.2 Å². The molecule has 0 bridgehead atoms. The summed E-state index contributed by atoms with van der Waals surface area (Å²) < 4.78 is 11.3. The minimum Gasteiger partial charge on any atom is -0.493 e. The molecule has 4 rings (SSSR count). The van der Waals surface area contributed by atoms with Crippen molar-refractivity contribution in [2.75, 3.05) is 19.0 Å². The Hall–Kier alpha value is -4.30. The second kappa shape index (κ2) is 11.2. The molecule has 1 aliphatic rings. The van der Waals surface area contributed by atoms with Gasteiger partial charge in [-0.25, -0.2) is 9.69 Å². The standard InChI is InChI=1S/C28H26ClN3O5/c1-17-7-9-19(10-8-17)16-37-26-22(29)12-20(14-24(26)36-3)13-23-27(34)32(28(35)31-23)15-25(33)30-21-6-4-5-18(2)11-21/h4-14H,15-16H2,1-3H3,(H,30,33)(H,31,35)/b23-13+. The van der Waals surface area contributed by atoms with E-state index in [1.54, 1.807) is 30.3 Å². The highest BCUT2D eigenvalue weighted by Crippen LogP contribution is 2.37. The molecule has 0 unspecified atom stereocenters. The van der Waals surface area contributed by atoms with Gasteiger partial charge in [0.25, 0.3) is 5.91 Å². The first-order chi connectivity index (χ1) is 17.7. The second-order valence-electron chi connectivity index (χ2n) is 8.61. The number of ether oxygens (including phenoxy) is 2. The van der Waals surface area contributed by atoms with Gasteiger partial charge < -0.3 is 20.1 Å². The fraction of sp³-hybridized carbons (Fsp3) is 0.179. The first kappa shape index (κ1) is 25.8. The Balaban J connectivity index is 1.46. The Labute approximate surface area is 219 Å². The number of amides is 4. The predicted octanol–water partition coefficient (Wildman–Crippen LogP) is 5.08. The van der Waals surface area contributed by atoms with Gasteiger partial charge in [-0.3, -0.25) is 9.59 Å². The molecular formula is C28H26ClN3O5. The van der Waals surface area contributed by atoms with E-state index < -0.39 is 24.4 Å². The zero-order valence-corrected chi connectivity index (χ0v) is 21.4. The number of imide groups is 1. The van der Waals surface area contributed by atoms with E-state index in [2.05, 4.69) is 10.6 Å². The molecule has 9 heteroatoms. The van der Waals surface area contributed by atoms with E-state index >= 15 is 0 Å². The number of nitrogens with one attached hydrogen (secondary N) is 2. The largest absolute Gasteiger partial charge is 0.493 e. The number of halogens is 1. The van der Waals surface area contributed by atoms with E-state index in [1.807, 2.05) is 44.2 Å². The van der Waals surface area contributed by atoms with Crippen molar-refractivity contribution in [1.29, 1.82) is 0 Å². The second-order valence-corrected chi connectivity index (χ2v) is 9.01. The molecule has 1 aliphatic heterocycles. The van der Waals surface area contributed by atoms with Crippen LogP contribution in [0, 0.1) is 13.8 Å². The maximum atomic E-state index is 12.9. The van der Waals surface area contributed by atoms with Gasteiger partial charge in [0.2, 0.25) is 5.91 Å². The molecule has 8 nitrogen and oxygen atoms in total. The number of anilines is 1. The number of rotatable bonds is 8. The Bertz CT molecular complexity index is 1390. The number of nitrogens with zero attached hydrogens (tertiary/aromatic N) is 1. The van der Waals surface area contributed by atoms with Crippen LogP contribution in [0.15, 0.2) is 66.4 Å². The quantitative estimate of drug-likeness (QED) is 0.320. The molecule has 1 saturated heterocycles. The Morgan fingerprint density at radius 1 is 1.05 bits per heavy atom. The highest BCUT2D eigenvalue weighted by Gasteiger charge is 2.35. The lowest BCUT2D eigenvalue weighted by Crippen LogP contribution is -2.38. The summed E-state index contributed by atoms with van der Waals surface area (Å²) in [4.78, 5) is 38.5. The first-order valence-electron chi connectivity index (χ1n) is 11.5. The molecule has 0 aliphatic carbocycles. The Morgan fingerprint density at radius 2 is 1.81 bits per heavy atom. The topological polar surface area (TPSA) is 97.0 Å². The molecule has 1 heterocycles. The van der Waals surface area contributed by atoms with Crippen LogP contribution in [0.1, 0.15) is 22.3 Å². The van der Waals surface area contributed by atoms with Gasteiger partial charge in [-0.15, -0.1) is 0 Å². The third-order valence-electron chi connectivity index (χ3n) is 5.63. The van der Waals surface area contributed by atoms with E-state index in [-0.39, 0.29) is 10.7 Å². The van der Waals surface area contributed by atoms with Gasteiger partial charge in [-0.2, -0.15) is 0 Å². The Morgan fingerprint density at radius 3 is 2.51 bits per heavy atom. The van der Waals surface area contributed by atoms with Gasteiger partial charge in [0.1, 0.15) is 18.8 Å². The van der Waals surface area contributed by atoms with Crippen LogP contribution < -0.4 is 20.1 Å². The smallest absolute Gasteiger partial charge is 0.329 e. The molecule has 3 aromatic rings. The Kier molecular flexibility index (Phi) is 7.79. The van der Waals surface area contributed by atoms with Crippen LogP contribution in [0.2, 0.25) is 5.02 Å². The molecule has 1 fully saturated rings. The van der Waals surface area contributed by atoms with Crippen LogP contribution in [-0.2, 0) is 16.2 Å². The van der Waals surface area contributed by atoms with Gasteiger partial charge in [-0.05, 0) is 60.9 Å². The molecule has 0 spiro atoms. The molecule has 3 aromatic carbocycles. The average Bonchev–Trinajstić information content (AvgIpc) is 3.11. The monoisotopic (exact) mass is 519 g/mol. The lowest BCUT2D eigenvalue weighted by Gasteiger charge is -2.14. The van der Waals surface area contributed by atoms with E-state index in [0.29, 0.717) is 29.4 Å². The number of methoxy groups -OCH3 is 1. The number of hydrogen-bond acceptors (Lipinski definition) is 5. The maximum Gasteiger partial charge on any atom is 0.329 e. The number of urea groups is 1.